The first-order valence-corrected chi connectivity index (χ1v) is 16.3. The van der Waals surface area contributed by atoms with Gasteiger partial charge in [-0.1, -0.05) is 12.1 Å². The second kappa shape index (κ2) is 17.8. The van der Waals surface area contributed by atoms with Gasteiger partial charge in [0.1, 0.15) is 24.4 Å². The maximum atomic E-state index is 14.3. The summed E-state index contributed by atoms with van der Waals surface area (Å²) in [5.74, 6) is -2.86. The number of aliphatic carboxylic acids is 1. The Morgan fingerprint density at radius 2 is 1.40 bits per heavy atom. The van der Waals surface area contributed by atoms with Crippen molar-refractivity contribution in [1.82, 2.24) is 20.4 Å². The number of carbonyl (C=O) groups is 5. The zero-order chi connectivity index (χ0) is 37.8. The van der Waals surface area contributed by atoms with Crippen molar-refractivity contribution in [2.75, 3.05) is 33.3 Å². The third kappa shape index (κ3) is 10.7. The third-order valence-electron chi connectivity index (χ3n) is 8.11. The summed E-state index contributed by atoms with van der Waals surface area (Å²) >= 11 is 0. The zero-order valence-corrected chi connectivity index (χ0v) is 28.5. The minimum absolute atomic E-state index is 0.0184. The maximum absolute atomic E-state index is 14.3. The molecule has 11 N–H and O–H groups in total. The molecule has 0 saturated carbocycles. The van der Waals surface area contributed by atoms with Crippen LogP contribution in [0.3, 0.4) is 0 Å². The second-order valence-corrected chi connectivity index (χ2v) is 11.8. The Kier molecular flexibility index (Phi) is 13.1. The van der Waals surface area contributed by atoms with E-state index in [1.165, 1.54) is 29.0 Å². The molecule has 0 radical (unpaired) electrons. The van der Waals surface area contributed by atoms with Crippen LogP contribution in [0.5, 0.6) is 5.75 Å². The molecule has 4 rings (SSSR count). The average Bonchev–Trinajstić information content (AvgIpc) is 3.11. The van der Waals surface area contributed by atoms with E-state index in [-0.39, 0.29) is 62.3 Å². The quantitative estimate of drug-likeness (QED) is 0.0634. The monoisotopic (exact) mass is 714 g/mol. The van der Waals surface area contributed by atoms with E-state index >= 15 is 0 Å². The highest BCUT2D eigenvalue weighted by Gasteiger charge is 2.40. The fourth-order valence-corrected chi connectivity index (χ4v) is 5.61. The predicted molar refractivity (Wildman–Crippen MR) is 193 cm³/mol. The molecule has 274 valence electrons. The number of piperazine rings is 1. The van der Waals surface area contributed by atoms with Gasteiger partial charge in [0.15, 0.2) is 11.9 Å². The molecule has 2 atom stereocenters. The van der Waals surface area contributed by atoms with Gasteiger partial charge in [-0.15, -0.1) is 0 Å². The Morgan fingerprint density at radius 1 is 0.846 bits per heavy atom. The van der Waals surface area contributed by atoms with Crippen LogP contribution in [0.1, 0.15) is 39.1 Å². The predicted octanol–water partition coefficient (Wildman–Crippen LogP) is 0.180. The van der Waals surface area contributed by atoms with Gasteiger partial charge in [0.25, 0.3) is 11.8 Å². The number of nitrogens with two attached hydrogens (primary N) is 4. The number of methoxy groups -OCH3 is 1. The van der Waals surface area contributed by atoms with E-state index in [2.05, 4.69) is 20.6 Å². The summed E-state index contributed by atoms with van der Waals surface area (Å²) in [6.45, 7) is -0.373. The third-order valence-corrected chi connectivity index (χ3v) is 8.11. The number of carboxylic acid groups (broad SMARTS) is 1. The number of nitrogens with zero attached hydrogens (tertiary/aromatic N) is 4. The molecule has 1 saturated heterocycles. The number of carboxylic acids is 1. The van der Waals surface area contributed by atoms with Gasteiger partial charge in [-0.2, -0.15) is 0 Å². The standard InChI is InChI=1S/C35H42N10O7/c1-52-26-14-4-21(5-15-26)19-27(43-31(49)23-8-12-25(13-9-23)42-35(38)39)32(50)45-18-17-44(20-29(46)47)33(51)28(45)3-2-16-40-30(48)22-6-10-24(11-7-22)41-34(36)37/h4-15,27-28H,2-3,16-20H2,1H3,(H,40,48)(H,43,49)(H,46,47)(H4,36,37,41)(H4,38,39,42)/t27-,28-/m0/s1. The number of benzene rings is 3. The molecule has 1 aliphatic heterocycles. The van der Waals surface area contributed by atoms with Gasteiger partial charge < -0.3 is 53.2 Å². The average molecular weight is 715 g/mol. The summed E-state index contributed by atoms with van der Waals surface area (Å²) in [6.07, 6.45) is 0.464. The summed E-state index contributed by atoms with van der Waals surface area (Å²) in [4.78, 5) is 76.2. The van der Waals surface area contributed by atoms with Crippen molar-refractivity contribution in [1.29, 1.82) is 0 Å². The smallest absolute Gasteiger partial charge is 0.323 e. The Morgan fingerprint density at radius 3 is 1.92 bits per heavy atom. The fourth-order valence-electron chi connectivity index (χ4n) is 5.61. The van der Waals surface area contributed by atoms with E-state index < -0.39 is 42.3 Å². The summed E-state index contributed by atoms with van der Waals surface area (Å²) in [7, 11) is 1.53. The Labute approximate surface area is 299 Å². The van der Waals surface area contributed by atoms with Gasteiger partial charge in [0.05, 0.1) is 18.5 Å². The minimum atomic E-state index is -1.19. The second-order valence-electron chi connectivity index (χ2n) is 11.8. The molecule has 3 aromatic carbocycles. The summed E-state index contributed by atoms with van der Waals surface area (Å²) in [6, 6.07) is 17.2. The lowest BCUT2D eigenvalue weighted by Crippen LogP contribution is -2.63. The molecule has 17 heteroatoms. The lowest BCUT2D eigenvalue weighted by atomic mass is 9.99. The van der Waals surface area contributed by atoms with Crippen LogP contribution in [-0.2, 0) is 20.8 Å². The molecular weight excluding hydrogens is 672 g/mol. The number of amides is 4. The molecule has 0 aliphatic carbocycles. The van der Waals surface area contributed by atoms with Crippen LogP contribution in [0.4, 0.5) is 11.4 Å². The van der Waals surface area contributed by atoms with Gasteiger partial charge >= 0.3 is 5.97 Å². The molecule has 1 aliphatic rings. The lowest BCUT2D eigenvalue weighted by molar-refractivity contribution is -0.156. The van der Waals surface area contributed by atoms with Crippen molar-refractivity contribution < 1.29 is 33.8 Å². The van der Waals surface area contributed by atoms with Gasteiger partial charge in [0.2, 0.25) is 11.8 Å². The maximum Gasteiger partial charge on any atom is 0.323 e. The number of hydrogen-bond donors (Lipinski definition) is 7. The van der Waals surface area contributed by atoms with Crippen LogP contribution in [-0.4, -0.2) is 102 Å². The van der Waals surface area contributed by atoms with E-state index in [1.807, 2.05) is 0 Å². The zero-order valence-electron chi connectivity index (χ0n) is 28.5. The minimum Gasteiger partial charge on any atom is -0.497 e. The van der Waals surface area contributed by atoms with Crippen LogP contribution in [0.25, 0.3) is 0 Å². The van der Waals surface area contributed by atoms with Crippen LogP contribution in [0, 0.1) is 0 Å². The lowest BCUT2D eigenvalue weighted by Gasteiger charge is -2.41. The van der Waals surface area contributed by atoms with Crippen LogP contribution < -0.4 is 38.3 Å². The highest BCUT2D eigenvalue weighted by atomic mass is 16.5. The first-order valence-electron chi connectivity index (χ1n) is 16.3. The molecule has 0 unspecified atom stereocenters. The highest BCUT2D eigenvalue weighted by Crippen LogP contribution is 2.21. The van der Waals surface area contributed by atoms with Crippen molar-refractivity contribution in [3.63, 3.8) is 0 Å². The molecule has 0 spiro atoms. The van der Waals surface area contributed by atoms with E-state index in [9.17, 15) is 29.1 Å². The molecule has 0 aromatic heterocycles. The summed E-state index contributed by atoms with van der Waals surface area (Å²) in [5, 5.41) is 15.0. The molecule has 0 bridgehead atoms. The van der Waals surface area contributed by atoms with Crippen molar-refractivity contribution in [3.8, 4) is 5.75 Å². The molecule has 52 heavy (non-hydrogen) atoms. The first-order chi connectivity index (χ1) is 24.8. The Hall–Kier alpha value is -6.65. The molecule has 1 fully saturated rings. The molecular formula is C35H42N10O7. The first kappa shape index (κ1) is 38.2. The van der Waals surface area contributed by atoms with E-state index in [4.69, 9.17) is 27.7 Å². The Bertz CT molecular complexity index is 1800. The number of ether oxygens (including phenoxy) is 1. The van der Waals surface area contributed by atoms with E-state index in [0.717, 1.165) is 0 Å². The van der Waals surface area contributed by atoms with Crippen molar-refractivity contribution in [2.45, 2.75) is 31.3 Å². The number of hydrogen-bond acceptors (Lipinski definition) is 8. The van der Waals surface area contributed by atoms with Crippen molar-refractivity contribution in [3.05, 3.63) is 89.5 Å². The Balaban J connectivity index is 1.53. The summed E-state index contributed by atoms with van der Waals surface area (Å²) in [5.41, 5.74) is 23.9. The van der Waals surface area contributed by atoms with Crippen LogP contribution >= 0.6 is 0 Å². The number of rotatable bonds is 15. The number of guanidine groups is 2. The van der Waals surface area contributed by atoms with Crippen LogP contribution in [0.15, 0.2) is 82.8 Å². The highest BCUT2D eigenvalue weighted by molar-refractivity contribution is 5.99. The molecule has 1 heterocycles. The van der Waals surface area contributed by atoms with Crippen LogP contribution in [0.2, 0.25) is 0 Å². The molecule has 4 amide bonds. The number of aliphatic imine (C=N–C) groups is 2. The van der Waals surface area contributed by atoms with Gasteiger partial charge in [-0.05, 0) is 79.1 Å². The fraction of sp³-hybridized carbons (Fsp3) is 0.286. The SMILES string of the molecule is COc1ccc(C[C@H](NC(=O)c2ccc(N=C(N)N)cc2)C(=O)N2CCN(CC(=O)O)C(=O)[C@@H]2CCCNC(=O)c2ccc(N=C(N)N)cc2)cc1. The van der Waals surface area contributed by atoms with Crippen molar-refractivity contribution >= 4 is 52.9 Å². The van der Waals surface area contributed by atoms with Gasteiger partial charge in [-0.25, -0.2) is 9.98 Å². The normalized spacial score (nSPS) is 14.5. The molecule has 17 nitrogen and oxygen atoms in total. The number of nitrogens with one attached hydrogen (secondary N) is 2. The number of carbonyl (C=O) groups excluding carboxylic acids is 4. The molecule has 3 aromatic rings. The van der Waals surface area contributed by atoms with E-state index in [1.54, 1.807) is 60.7 Å². The van der Waals surface area contributed by atoms with Gasteiger partial charge in [-0.3, -0.25) is 24.0 Å². The van der Waals surface area contributed by atoms with Crippen molar-refractivity contribution in [2.24, 2.45) is 32.9 Å². The topological polar surface area (TPSA) is 274 Å². The van der Waals surface area contributed by atoms with Gasteiger partial charge in [0, 0.05) is 37.2 Å². The largest absolute Gasteiger partial charge is 0.497 e. The van der Waals surface area contributed by atoms with E-state index in [0.29, 0.717) is 28.3 Å². The summed E-state index contributed by atoms with van der Waals surface area (Å²) < 4.78 is 5.25.